The fraction of sp³-hybridized carbons (Fsp3) is 1.00. The van der Waals surface area contributed by atoms with Crippen molar-refractivity contribution >= 4 is 0 Å². The minimum Gasteiger partial charge on any atom is -0.394 e. The van der Waals surface area contributed by atoms with Crippen LogP contribution in [0.1, 0.15) is 33.6 Å². The lowest BCUT2D eigenvalue weighted by molar-refractivity contribution is 0.150. The molecule has 0 aromatic heterocycles. The molecule has 0 saturated heterocycles. The van der Waals surface area contributed by atoms with Crippen molar-refractivity contribution in [3.63, 3.8) is 0 Å². The molecule has 1 fully saturated rings. The zero-order valence-corrected chi connectivity index (χ0v) is 10.5. The molecule has 3 N–H and O–H groups in total. The minimum atomic E-state index is -0.442. The predicted molar refractivity (Wildman–Crippen MR) is 63.7 cm³/mol. The average molecular weight is 214 g/mol. The van der Waals surface area contributed by atoms with Crippen LogP contribution in [0.5, 0.6) is 0 Å². The van der Waals surface area contributed by atoms with Gasteiger partial charge in [-0.1, -0.05) is 6.92 Å². The summed E-state index contributed by atoms with van der Waals surface area (Å²) in [6.07, 6.45) is 2.22. The molecule has 15 heavy (non-hydrogen) atoms. The summed E-state index contributed by atoms with van der Waals surface area (Å²) < 4.78 is 0. The second-order valence-electron chi connectivity index (χ2n) is 5.78. The number of hydrogen-bond donors (Lipinski definition) is 2. The van der Waals surface area contributed by atoms with Crippen LogP contribution >= 0.6 is 0 Å². The highest BCUT2D eigenvalue weighted by Crippen LogP contribution is 2.38. The number of nitrogens with zero attached hydrogens (tertiary/aromatic N) is 1. The maximum atomic E-state index is 9.12. The quantitative estimate of drug-likeness (QED) is 0.695. The van der Waals surface area contributed by atoms with E-state index in [2.05, 4.69) is 25.8 Å². The summed E-state index contributed by atoms with van der Waals surface area (Å²) in [6, 6.07) is 0.444. The molecule has 1 aliphatic carbocycles. The standard InChI is InChI=1S/C12H26N2O/c1-9-5-11(9)7-14(4)10(2)6-12(3,13)8-15/h9-11,15H,5-8,13H2,1-4H3. The van der Waals surface area contributed by atoms with Crippen molar-refractivity contribution in [2.75, 3.05) is 20.2 Å². The van der Waals surface area contributed by atoms with Gasteiger partial charge in [0, 0.05) is 18.1 Å². The Morgan fingerprint density at radius 2 is 2.13 bits per heavy atom. The summed E-state index contributed by atoms with van der Waals surface area (Å²) in [4.78, 5) is 2.37. The van der Waals surface area contributed by atoms with Crippen molar-refractivity contribution in [2.45, 2.75) is 45.2 Å². The number of rotatable bonds is 6. The Morgan fingerprint density at radius 1 is 1.60 bits per heavy atom. The highest BCUT2D eigenvalue weighted by molar-refractivity contribution is 4.88. The van der Waals surface area contributed by atoms with E-state index >= 15 is 0 Å². The van der Waals surface area contributed by atoms with E-state index in [1.807, 2.05) is 6.92 Å². The molecular formula is C12H26N2O. The molecular weight excluding hydrogens is 188 g/mol. The molecule has 0 radical (unpaired) electrons. The molecule has 0 aliphatic heterocycles. The first-order valence-corrected chi connectivity index (χ1v) is 5.95. The lowest BCUT2D eigenvalue weighted by Crippen LogP contribution is -2.46. The van der Waals surface area contributed by atoms with E-state index in [0.717, 1.165) is 18.3 Å². The van der Waals surface area contributed by atoms with Crippen LogP contribution in [0.4, 0.5) is 0 Å². The molecule has 4 unspecified atom stereocenters. The largest absolute Gasteiger partial charge is 0.394 e. The van der Waals surface area contributed by atoms with Gasteiger partial charge in [-0.05, 0) is 45.6 Å². The van der Waals surface area contributed by atoms with Gasteiger partial charge in [-0.2, -0.15) is 0 Å². The normalized spacial score (nSPS) is 31.4. The van der Waals surface area contributed by atoms with E-state index in [-0.39, 0.29) is 6.61 Å². The Kier molecular flexibility index (Phi) is 4.15. The van der Waals surface area contributed by atoms with Crippen LogP contribution in [0.15, 0.2) is 0 Å². The Morgan fingerprint density at radius 3 is 2.53 bits per heavy atom. The van der Waals surface area contributed by atoms with Gasteiger partial charge in [-0.3, -0.25) is 0 Å². The monoisotopic (exact) mass is 214 g/mol. The lowest BCUT2D eigenvalue weighted by Gasteiger charge is -2.31. The van der Waals surface area contributed by atoms with E-state index in [9.17, 15) is 0 Å². The third kappa shape index (κ3) is 4.09. The molecule has 4 atom stereocenters. The summed E-state index contributed by atoms with van der Waals surface area (Å²) in [6.45, 7) is 7.64. The van der Waals surface area contributed by atoms with Gasteiger partial charge in [0.05, 0.1) is 6.61 Å². The first-order chi connectivity index (χ1) is 6.85. The zero-order chi connectivity index (χ0) is 11.6. The van der Waals surface area contributed by atoms with Crippen LogP contribution in [-0.2, 0) is 0 Å². The summed E-state index contributed by atoms with van der Waals surface area (Å²) >= 11 is 0. The molecule has 0 amide bonds. The van der Waals surface area contributed by atoms with Gasteiger partial charge in [0.25, 0.3) is 0 Å². The van der Waals surface area contributed by atoms with Crippen molar-refractivity contribution in [2.24, 2.45) is 17.6 Å². The molecule has 0 heterocycles. The second kappa shape index (κ2) is 4.81. The Bertz CT molecular complexity index is 206. The van der Waals surface area contributed by atoms with E-state index in [4.69, 9.17) is 10.8 Å². The predicted octanol–water partition coefficient (Wildman–Crippen LogP) is 1.06. The summed E-state index contributed by atoms with van der Waals surface area (Å²) in [5.74, 6) is 1.79. The fourth-order valence-corrected chi connectivity index (χ4v) is 2.10. The molecule has 1 saturated carbocycles. The highest BCUT2D eigenvalue weighted by atomic mass is 16.3. The SMILES string of the molecule is CC1CC1CN(C)C(C)CC(C)(N)CO. The Hall–Kier alpha value is -0.120. The Labute approximate surface area is 93.6 Å². The van der Waals surface area contributed by atoms with E-state index in [1.165, 1.54) is 13.0 Å². The van der Waals surface area contributed by atoms with Crippen LogP contribution < -0.4 is 5.73 Å². The molecule has 0 bridgehead atoms. The van der Waals surface area contributed by atoms with Gasteiger partial charge in [0.2, 0.25) is 0 Å². The van der Waals surface area contributed by atoms with Crippen LogP contribution in [0.3, 0.4) is 0 Å². The van der Waals surface area contributed by atoms with Gasteiger partial charge in [0.15, 0.2) is 0 Å². The molecule has 1 rings (SSSR count). The van der Waals surface area contributed by atoms with E-state index in [0.29, 0.717) is 6.04 Å². The van der Waals surface area contributed by atoms with Gasteiger partial charge in [0.1, 0.15) is 0 Å². The van der Waals surface area contributed by atoms with Crippen LogP contribution in [-0.4, -0.2) is 41.8 Å². The first-order valence-electron chi connectivity index (χ1n) is 5.95. The fourth-order valence-electron chi connectivity index (χ4n) is 2.10. The topological polar surface area (TPSA) is 49.5 Å². The van der Waals surface area contributed by atoms with Gasteiger partial charge < -0.3 is 15.7 Å². The van der Waals surface area contributed by atoms with Crippen LogP contribution in [0, 0.1) is 11.8 Å². The molecule has 0 aromatic carbocycles. The number of hydrogen-bond acceptors (Lipinski definition) is 3. The molecule has 3 nitrogen and oxygen atoms in total. The van der Waals surface area contributed by atoms with Crippen molar-refractivity contribution in [3.05, 3.63) is 0 Å². The van der Waals surface area contributed by atoms with Gasteiger partial charge >= 0.3 is 0 Å². The van der Waals surface area contributed by atoms with E-state index < -0.39 is 5.54 Å². The van der Waals surface area contributed by atoms with Gasteiger partial charge in [-0.25, -0.2) is 0 Å². The van der Waals surface area contributed by atoms with Crippen molar-refractivity contribution in [1.29, 1.82) is 0 Å². The maximum Gasteiger partial charge on any atom is 0.0609 e. The average Bonchev–Trinajstić information content (AvgIpc) is 2.81. The third-order valence-electron chi connectivity index (χ3n) is 3.67. The molecule has 3 heteroatoms. The van der Waals surface area contributed by atoms with Crippen molar-refractivity contribution < 1.29 is 5.11 Å². The summed E-state index contributed by atoms with van der Waals surface area (Å²) in [5.41, 5.74) is 5.51. The highest BCUT2D eigenvalue weighted by Gasteiger charge is 2.34. The molecule has 0 aromatic rings. The lowest BCUT2D eigenvalue weighted by atomic mass is 9.95. The van der Waals surface area contributed by atoms with Crippen molar-refractivity contribution in [1.82, 2.24) is 4.90 Å². The number of aliphatic hydroxyl groups is 1. The minimum absolute atomic E-state index is 0.0605. The smallest absolute Gasteiger partial charge is 0.0609 e. The summed E-state index contributed by atoms with van der Waals surface area (Å²) in [5, 5.41) is 9.12. The maximum absolute atomic E-state index is 9.12. The first kappa shape index (κ1) is 12.9. The van der Waals surface area contributed by atoms with E-state index in [1.54, 1.807) is 0 Å². The summed E-state index contributed by atoms with van der Waals surface area (Å²) in [7, 11) is 2.16. The second-order valence-corrected chi connectivity index (χ2v) is 5.78. The third-order valence-corrected chi connectivity index (χ3v) is 3.67. The van der Waals surface area contributed by atoms with Gasteiger partial charge in [-0.15, -0.1) is 0 Å². The molecule has 90 valence electrons. The van der Waals surface area contributed by atoms with Crippen LogP contribution in [0.2, 0.25) is 0 Å². The molecule has 0 spiro atoms. The number of aliphatic hydroxyl groups excluding tert-OH is 1. The zero-order valence-electron chi connectivity index (χ0n) is 10.5. The number of nitrogens with two attached hydrogens (primary N) is 1. The van der Waals surface area contributed by atoms with Crippen LogP contribution in [0.25, 0.3) is 0 Å². The van der Waals surface area contributed by atoms with Crippen molar-refractivity contribution in [3.8, 4) is 0 Å². The molecule has 1 aliphatic rings. The Balaban J connectivity index is 2.29.